The summed E-state index contributed by atoms with van der Waals surface area (Å²) in [4.78, 5) is 1.07. The molecule has 2 aromatic rings. The number of aryl methyl sites for hydroxylation is 1. The molecule has 1 aliphatic rings. The second-order valence-corrected chi connectivity index (χ2v) is 9.68. The van der Waals surface area contributed by atoms with Crippen LogP contribution in [0.3, 0.4) is 0 Å². The third kappa shape index (κ3) is 3.17. The van der Waals surface area contributed by atoms with Gasteiger partial charge in [-0.15, -0.1) is 10.8 Å². The molecule has 2 atom stereocenters. The second kappa shape index (κ2) is 6.98. The van der Waals surface area contributed by atoms with Gasteiger partial charge in [0.25, 0.3) is 0 Å². The molecule has 1 aliphatic heterocycles. The van der Waals surface area contributed by atoms with Crippen LogP contribution in [-0.4, -0.2) is 20.2 Å². The zero-order valence-electron chi connectivity index (χ0n) is 13.9. The van der Waals surface area contributed by atoms with Crippen LogP contribution in [-0.2, 0) is 0 Å². The highest BCUT2D eigenvalue weighted by atomic mass is 32.3. The Labute approximate surface area is 149 Å². The molecular formula is C18H24N2O2S2. The van der Waals surface area contributed by atoms with E-state index >= 15 is 0 Å². The number of anilines is 2. The van der Waals surface area contributed by atoms with Crippen molar-refractivity contribution in [3.63, 3.8) is 0 Å². The summed E-state index contributed by atoms with van der Waals surface area (Å²) in [7, 11) is -3.03. The van der Waals surface area contributed by atoms with Crippen LogP contribution in [0.1, 0.15) is 18.9 Å². The summed E-state index contributed by atoms with van der Waals surface area (Å²) in [6, 6.07) is 15.8. The van der Waals surface area contributed by atoms with E-state index in [1.165, 1.54) is 0 Å². The average molecular weight is 365 g/mol. The van der Waals surface area contributed by atoms with Crippen molar-refractivity contribution in [2.75, 3.05) is 10.8 Å². The monoisotopic (exact) mass is 364 g/mol. The van der Waals surface area contributed by atoms with Crippen LogP contribution in [0.2, 0.25) is 0 Å². The van der Waals surface area contributed by atoms with Gasteiger partial charge in [-0.2, -0.15) is 0 Å². The lowest BCUT2D eigenvalue weighted by atomic mass is 10.1. The van der Waals surface area contributed by atoms with E-state index in [4.69, 9.17) is 5.73 Å². The Morgan fingerprint density at radius 1 is 1.21 bits per heavy atom. The fraction of sp³-hybridized carbons (Fsp3) is 0.333. The maximum atomic E-state index is 11.2. The van der Waals surface area contributed by atoms with Gasteiger partial charge in [0.15, 0.2) is 0 Å². The normalized spacial score (nSPS) is 21.9. The molecule has 24 heavy (non-hydrogen) atoms. The second-order valence-electron chi connectivity index (χ2n) is 6.20. The summed E-state index contributed by atoms with van der Waals surface area (Å²) in [6.07, 6.45) is 0.761. The third-order valence-corrected chi connectivity index (χ3v) is 8.62. The van der Waals surface area contributed by atoms with Crippen molar-refractivity contribution in [3.05, 3.63) is 54.1 Å². The van der Waals surface area contributed by atoms with E-state index in [0.717, 1.165) is 28.3 Å². The van der Waals surface area contributed by atoms with Gasteiger partial charge in [-0.3, -0.25) is 9.11 Å². The van der Waals surface area contributed by atoms with E-state index < -0.39 is 10.8 Å². The average Bonchev–Trinajstić information content (AvgIpc) is 2.53. The molecule has 0 saturated heterocycles. The van der Waals surface area contributed by atoms with Crippen molar-refractivity contribution in [2.45, 2.75) is 29.7 Å². The van der Waals surface area contributed by atoms with E-state index in [-0.39, 0.29) is 10.5 Å². The first-order chi connectivity index (χ1) is 11.4. The van der Waals surface area contributed by atoms with Gasteiger partial charge < -0.3 is 5.73 Å². The van der Waals surface area contributed by atoms with Gasteiger partial charge in [0.2, 0.25) is 0 Å². The first-order valence-corrected chi connectivity index (χ1v) is 10.5. The van der Waals surface area contributed by atoms with Crippen LogP contribution in [0.25, 0.3) is 0 Å². The smallest absolute Gasteiger partial charge is 0.121 e. The van der Waals surface area contributed by atoms with E-state index in [9.17, 15) is 9.11 Å². The Bertz CT molecular complexity index is 724. The molecule has 2 unspecified atom stereocenters. The maximum Gasteiger partial charge on any atom is 0.121 e. The van der Waals surface area contributed by atoms with Crippen molar-refractivity contribution in [3.8, 4) is 0 Å². The molecule has 2 aromatic carbocycles. The number of thioether (sulfide) groups is 1. The highest BCUT2D eigenvalue weighted by Gasteiger charge is 2.42. The first-order valence-electron chi connectivity index (χ1n) is 8.05. The maximum absolute atomic E-state index is 11.2. The number of rotatable bonds is 4. The Kier molecular flexibility index (Phi) is 5.13. The van der Waals surface area contributed by atoms with Gasteiger partial charge in [-0.05, 0) is 55.6 Å². The Balaban J connectivity index is 2.13. The predicted octanol–water partition coefficient (Wildman–Crippen LogP) is 5.22. The Hall–Kier alpha value is -1.18. The number of hydrogen-bond donors (Lipinski definition) is 3. The molecule has 0 spiro atoms. The summed E-state index contributed by atoms with van der Waals surface area (Å²) < 4.78 is 23.8. The summed E-state index contributed by atoms with van der Waals surface area (Å²) in [5.74, 6) is 0.102. The number of hydrogen-bond acceptors (Lipinski definition) is 5. The molecule has 4 N–H and O–H groups in total. The third-order valence-electron chi connectivity index (χ3n) is 4.23. The molecule has 0 saturated carbocycles. The molecule has 0 aliphatic carbocycles. The minimum Gasteiger partial charge on any atom is -0.330 e. The summed E-state index contributed by atoms with van der Waals surface area (Å²) in [5, 5.41) is 0. The van der Waals surface area contributed by atoms with Crippen LogP contribution in [0.4, 0.5) is 11.4 Å². The van der Waals surface area contributed by atoms with Crippen LogP contribution < -0.4 is 10.0 Å². The van der Waals surface area contributed by atoms with E-state index in [1.807, 2.05) is 62.4 Å². The SMILES string of the molecule is Cc1cccc(N2c3ccccc3SC(C(C)CCN)S2(O)O)c1. The van der Waals surface area contributed by atoms with Gasteiger partial charge in [0.1, 0.15) is 4.58 Å². The molecule has 3 rings (SSSR count). The lowest BCUT2D eigenvalue weighted by Gasteiger charge is -2.53. The fourth-order valence-corrected chi connectivity index (χ4v) is 7.08. The summed E-state index contributed by atoms with van der Waals surface area (Å²) >= 11 is 1.55. The van der Waals surface area contributed by atoms with Crippen LogP contribution in [0, 0.1) is 12.8 Å². The van der Waals surface area contributed by atoms with Crippen molar-refractivity contribution in [1.29, 1.82) is 0 Å². The van der Waals surface area contributed by atoms with Gasteiger partial charge >= 0.3 is 0 Å². The molecule has 4 nitrogen and oxygen atoms in total. The van der Waals surface area contributed by atoms with Crippen molar-refractivity contribution < 1.29 is 9.11 Å². The van der Waals surface area contributed by atoms with E-state index in [1.54, 1.807) is 16.1 Å². The predicted molar refractivity (Wildman–Crippen MR) is 105 cm³/mol. The van der Waals surface area contributed by atoms with Crippen LogP contribution >= 0.6 is 22.5 Å². The minimum atomic E-state index is -3.03. The topological polar surface area (TPSA) is 69.7 Å². The summed E-state index contributed by atoms with van der Waals surface area (Å²) in [6.45, 7) is 4.59. The lowest BCUT2D eigenvalue weighted by molar-refractivity contribution is 0.456. The minimum absolute atomic E-state index is 0.102. The number of nitrogens with zero attached hydrogens (tertiary/aromatic N) is 1. The van der Waals surface area contributed by atoms with Gasteiger partial charge in [-0.25, -0.2) is 4.31 Å². The van der Waals surface area contributed by atoms with Crippen LogP contribution in [0.5, 0.6) is 0 Å². The van der Waals surface area contributed by atoms with Crippen molar-refractivity contribution >= 4 is 33.9 Å². The van der Waals surface area contributed by atoms with E-state index in [0.29, 0.717) is 6.54 Å². The van der Waals surface area contributed by atoms with Gasteiger partial charge in [0.05, 0.1) is 11.4 Å². The lowest BCUT2D eigenvalue weighted by Crippen LogP contribution is -2.37. The molecule has 130 valence electrons. The highest BCUT2D eigenvalue weighted by molar-refractivity contribution is 8.34. The number of nitrogens with two attached hydrogens (primary N) is 1. The first kappa shape index (κ1) is 17.6. The highest BCUT2D eigenvalue weighted by Crippen LogP contribution is 2.66. The van der Waals surface area contributed by atoms with Gasteiger partial charge in [0, 0.05) is 4.90 Å². The molecular weight excluding hydrogens is 340 g/mol. The zero-order chi connectivity index (χ0) is 17.3. The van der Waals surface area contributed by atoms with E-state index in [2.05, 4.69) is 0 Å². The van der Waals surface area contributed by atoms with Crippen LogP contribution in [0.15, 0.2) is 53.4 Å². The quantitative estimate of drug-likeness (QED) is 0.694. The largest absolute Gasteiger partial charge is 0.330 e. The molecule has 0 radical (unpaired) electrons. The number of benzene rings is 2. The molecule has 6 heteroatoms. The fourth-order valence-electron chi connectivity index (χ4n) is 3.04. The Morgan fingerprint density at radius 2 is 1.96 bits per heavy atom. The molecule has 0 fully saturated rings. The molecule has 0 bridgehead atoms. The van der Waals surface area contributed by atoms with Crippen molar-refractivity contribution in [2.24, 2.45) is 11.7 Å². The molecule has 0 aromatic heterocycles. The number of para-hydroxylation sites is 1. The number of fused-ring (bicyclic) bond motifs is 1. The summed E-state index contributed by atoms with van der Waals surface area (Å²) in [5.41, 5.74) is 8.46. The van der Waals surface area contributed by atoms with Gasteiger partial charge in [-0.1, -0.05) is 43.0 Å². The Morgan fingerprint density at radius 3 is 2.67 bits per heavy atom. The molecule has 1 heterocycles. The standard InChI is InChI=1S/C18H24N2O2S2/c1-13-6-5-7-15(12-13)20-16-8-3-4-9-17(16)23-18(24(20,21)22)14(2)10-11-19/h3-9,12,14,18,21-22H,10-11,19H2,1-2H3. The molecule has 0 amide bonds. The zero-order valence-corrected chi connectivity index (χ0v) is 15.6. The van der Waals surface area contributed by atoms with Crippen molar-refractivity contribution in [1.82, 2.24) is 0 Å².